The average molecular weight is 501 g/mol. The summed E-state index contributed by atoms with van der Waals surface area (Å²) in [5.74, 6) is -1.66. The highest BCUT2D eigenvalue weighted by Gasteiger charge is 2.44. The third-order valence-electron chi connectivity index (χ3n) is 6.54. The van der Waals surface area contributed by atoms with Gasteiger partial charge in [-0.1, -0.05) is 12.1 Å². The van der Waals surface area contributed by atoms with Crippen LogP contribution >= 0.6 is 0 Å². The summed E-state index contributed by atoms with van der Waals surface area (Å²) in [7, 11) is 2.88. The second-order valence-corrected chi connectivity index (χ2v) is 8.56. The van der Waals surface area contributed by atoms with Gasteiger partial charge in [-0.25, -0.2) is 4.79 Å². The molecule has 2 aromatic carbocycles. The number of nitrogens with one attached hydrogen (secondary N) is 1. The minimum atomic E-state index is -0.878. The molecule has 3 heterocycles. The summed E-state index contributed by atoms with van der Waals surface area (Å²) in [4.78, 5) is 43.1. The summed E-state index contributed by atoms with van der Waals surface area (Å²) in [6.45, 7) is 0.214. The molecule has 4 aromatic rings. The number of fused-ring (bicyclic) bond motifs is 1. The number of rotatable bonds is 8. The lowest BCUT2D eigenvalue weighted by Gasteiger charge is -2.26. The number of benzene rings is 2. The maximum atomic E-state index is 13.3. The van der Waals surface area contributed by atoms with E-state index >= 15 is 0 Å². The van der Waals surface area contributed by atoms with Crippen molar-refractivity contribution in [2.45, 2.75) is 12.5 Å². The van der Waals surface area contributed by atoms with Gasteiger partial charge in [0.1, 0.15) is 5.75 Å². The molecule has 37 heavy (non-hydrogen) atoms. The summed E-state index contributed by atoms with van der Waals surface area (Å²) in [6, 6.07) is 14.2. The quantitative estimate of drug-likeness (QED) is 0.272. The van der Waals surface area contributed by atoms with E-state index in [1.54, 1.807) is 37.4 Å². The van der Waals surface area contributed by atoms with Gasteiger partial charge in [0.05, 0.1) is 37.7 Å². The molecule has 1 aliphatic rings. The van der Waals surface area contributed by atoms with Crippen molar-refractivity contribution in [3.8, 4) is 5.75 Å². The van der Waals surface area contributed by atoms with Crippen molar-refractivity contribution in [3.63, 3.8) is 0 Å². The molecule has 1 unspecified atom stereocenters. The first-order valence-electron chi connectivity index (χ1n) is 11.6. The molecule has 0 aliphatic carbocycles. The molecule has 0 saturated carbocycles. The zero-order valence-electron chi connectivity index (χ0n) is 20.2. The van der Waals surface area contributed by atoms with Gasteiger partial charge in [0, 0.05) is 23.6 Å². The normalized spacial score (nSPS) is 15.5. The number of carbonyl (C=O) groups is 3. The van der Waals surface area contributed by atoms with Crippen LogP contribution in [-0.4, -0.2) is 53.4 Å². The Kier molecular flexibility index (Phi) is 6.27. The van der Waals surface area contributed by atoms with Crippen molar-refractivity contribution in [2.24, 2.45) is 0 Å². The number of H-pyrrole nitrogens is 1. The van der Waals surface area contributed by atoms with Crippen LogP contribution in [0.5, 0.6) is 5.75 Å². The Bertz CT molecular complexity index is 1510. The van der Waals surface area contributed by atoms with Crippen molar-refractivity contribution < 1.29 is 33.4 Å². The Morgan fingerprint density at radius 1 is 1.11 bits per heavy atom. The van der Waals surface area contributed by atoms with Crippen LogP contribution in [0.25, 0.3) is 10.9 Å². The van der Waals surface area contributed by atoms with Gasteiger partial charge >= 0.3 is 5.97 Å². The molecule has 188 valence electrons. The number of hydrogen-bond donors (Lipinski definition) is 2. The lowest BCUT2D eigenvalue weighted by molar-refractivity contribution is -0.129. The number of furan rings is 1. The van der Waals surface area contributed by atoms with Crippen molar-refractivity contribution in [1.29, 1.82) is 0 Å². The van der Waals surface area contributed by atoms with Crippen LogP contribution in [0.3, 0.4) is 0 Å². The molecule has 2 aromatic heterocycles. The third-order valence-corrected chi connectivity index (χ3v) is 6.54. The van der Waals surface area contributed by atoms with Crippen LogP contribution in [0, 0.1) is 0 Å². The van der Waals surface area contributed by atoms with E-state index in [1.807, 2.05) is 24.4 Å². The van der Waals surface area contributed by atoms with Crippen LogP contribution in [-0.2, 0) is 16.0 Å². The Morgan fingerprint density at radius 2 is 1.89 bits per heavy atom. The number of carbonyl (C=O) groups excluding carboxylic acids is 3. The summed E-state index contributed by atoms with van der Waals surface area (Å²) < 4.78 is 15.4. The first-order valence-corrected chi connectivity index (χ1v) is 11.6. The van der Waals surface area contributed by atoms with Crippen molar-refractivity contribution in [3.05, 3.63) is 101 Å². The average Bonchev–Trinajstić information content (AvgIpc) is 3.66. The van der Waals surface area contributed by atoms with Crippen molar-refractivity contribution in [1.82, 2.24) is 9.88 Å². The Balaban J connectivity index is 1.51. The molecular weight excluding hydrogens is 476 g/mol. The molecule has 1 aliphatic heterocycles. The topological polar surface area (TPSA) is 122 Å². The van der Waals surface area contributed by atoms with Gasteiger partial charge in [0.25, 0.3) is 5.91 Å². The maximum Gasteiger partial charge on any atom is 0.337 e. The molecule has 0 fully saturated rings. The lowest BCUT2D eigenvalue weighted by atomic mass is 9.94. The smallest absolute Gasteiger partial charge is 0.337 e. The van der Waals surface area contributed by atoms with Gasteiger partial charge in [-0.2, -0.15) is 0 Å². The SMILES string of the molecule is COC(=O)c1ccc(C2C(C(=O)c3ccco3)=C(O)C(=O)N2CCc2c[nH]c3ccc(OC)cc23)cc1. The van der Waals surface area contributed by atoms with Gasteiger partial charge in [-0.15, -0.1) is 0 Å². The number of amides is 1. The number of esters is 1. The van der Waals surface area contributed by atoms with Crippen molar-refractivity contribution in [2.75, 3.05) is 20.8 Å². The fourth-order valence-electron chi connectivity index (χ4n) is 4.65. The minimum Gasteiger partial charge on any atom is -0.503 e. The number of hydrogen-bond acceptors (Lipinski definition) is 7. The van der Waals surface area contributed by atoms with E-state index in [2.05, 4.69) is 4.98 Å². The Labute approximate surface area is 211 Å². The number of aromatic nitrogens is 1. The van der Waals surface area contributed by atoms with E-state index in [0.717, 1.165) is 16.5 Å². The van der Waals surface area contributed by atoms with E-state index in [1.165, 1.54) is 24.3 Å². The van der Waals surface area contributed by atoms with Gasteiger partial charge in [-0.3, -0.25) is 9.59 Å². The Hall–Kier alpha value is -4.79. The zero-order valence-corrected chi connectivity index (χ0v) is 20.2. The number of nitrogens with zero attached hydrogens (tertiary/aromatic N) is 1. The van der Waals surface area contributed by atoms with E-state index in [0.29, 0.717) is 23.3 Å². The molecular formula is C28H24N2O7. The number of methoxy groups -OCH3 is 2. The number of Topliss-reactive ketones (excluding diaryl/α,β-unsaturated/α-hetero) is 1. The van der Waals surface area contributed by atoms with E-state index < -0.39 is 29.5 Å². The molecule has 1 atom stereocenters. The molecule has 0 spiro atoms. The number of ether oxygens (including phenoxy) is 2. The first kappa shape index (κ1) is 23.9. The van der Waals surface area contributed by atoms with Crippen molar-refractivity contribution >= 4 is 28.6 Å². The summed E-state index contributed by atoms with van der Waals surface area (Å²) in [5.41, 5.74) is 2.67. The maximum absolute atomic E-state index is 13.3. The van der Waals surface area contributed by atoms with Gasteiger partial charge < -0.3 is 28.9 Å². The highest BCUT2D eigenvalue weighted by molar-refractivity contribution is 6.15. The summed E-state index contributed by atoms with van der Waals surface area (Å²) in [6.07, 6.45) is 3.67. The van der Waals surface area contributed by atoms with Crippen LogP contribution in [0.15, 0.2) is 82.8 Å². The Morgan fingerprint density at radius 3 is 2.57 bits per heavy atom. The largest absolute Gasteiger partial charge is 0.503 e. The van der Waals surface area contributed by atoms with Gasteiger partial charge in [0.2, 0.25) is 5.78 Å². The lowest BCUT2D eigenvalue weighted by Crippen LogP contribution is -2.33. The fourth-order valence-corrected chi connectivity index (χ4v) is 4.65. The highest BCUT2D eigenvalue weighted by Crippen LogP contribution is 2.39. The van der Waals surface area contributed by atoms with Crippen LogP contribution < -0.4 is 4.74 Å². The molecule has 0 saturated heterocycles. The number of ketones is 1. The molecule has 9 nitrogen and oxygen atoms in total. The summed E-state index contributed by atoms with van der Waals surface area (Å²) in [5, 5.41) is 11.8. The second-order valence-electron chi connectivity index (χ2n) is 8.56. The predicted molar refractivity (Wildman–Crippen MR) is 133 cm³/mol. The zero-order chi connectivity index (χ0) is 26.1. The summed E-state index contributed by atoms with van der Waals surface area (Å²) >= 11 is 0. The molecule has 0 bridgehead atoms. The highest BCUT2D eigenvalue weighted by atomic mass is 16.5. The predicted octanol–water partition coefficient (Wildman–Crippen LogP) is 4.38. The fraction of sp³-hybridized carbons (Fsp3) is 0.179. The second kappa shape index (κ2) is 9.69. The molecule has 1 amide bonds. The van der Waals surface area contributed by atoms with Crippen LogP contribution in [0.4, 0.5) is 0 Å². The number of aliphatic hydroxyl groups is 1. The third kappa shape index (κ3) is 4.24. The van der Waals surface area contributed by atoms with E-state index in [-0.39, 0.29) is 17.9 Å². The standard InChI is InChI=1S/C28H24N2O7/c1-35-19-9-10-21-20(14-19)18(15-29-21)11-12-30-24(16-5-7-17(8-6-16)28(34)36-2)23(26(32)27(30)33)25(31)22-4-3-13-37-22/h3-10,13-15,24,29,32H,11-12H2,1-2H3. The molecule has 0 radical (unpaired) electrons. The number of aliphatic hydroxyl groups excluding tert-OH is 1. The van der Waals surface area contributed by atoms with Crippen LogP contribution in [0.2, 0.25) is 0 Å². The number of aromatic amines is 1. The molecule has 2 N–H and O–H groups in total. The van der Waals surface area contributed by atoms with E-state index in [4.69, 9.17) is 13.9 Å². The van der Waals surface area contributed by atoms with Crippen LogP contribution in [0.1, 0.15) is 38.1 Å². The monoisotopic (exact) mass is 500 g/mol. The first-order chi connectivity index (χ1) is 17.9. The molecule has 5 rings (SSSR count). The minimum absolute atomic E-state index is 0.0103. The van der Waals surface area contributed by atoms with Gasteiger partial charge in [-0.05, 0) is 60.0 Å². The van der Waals surface area contributed by atoms with E-state index in [9.17, 15) is 19.5 Å². The van der Waals surface area contributed by atoms with Gasteiger partial charge in [0.15, 0.2) is 11.5 Å². The molecule has 9 heteroatoms.